The number of hydrogen-bond donors (Lipinski definition) is 2. The van der Waals surface area contributed by atoms with E-state index >= 15 is 0 Å². The Balaban J connectivity index is 2.03. The molecule has 1 unspecified atom stereocenters. The van der Waals surface area contributed by atoms with Gasteiger partial charge in [0.25, 0.3) is 0 Å². The van der Waals surface area contributed by atoms with Crippen LogP contribution in [0.1, 0.15) is 12.2 Å². The Morgan fingerprint density at radius 1 is 1.67 bits per heavy atom. The molecule has 1 aliphatic heterocycles. The van der Waals surface area contributed by atoms with Gasteiger partial charge in [0.15, 0.2) is 5.17 Å². The number of rotatable bonds is 3. The largest absolute Gasteiger partial charge is 0.480 e. The van der Waals surface area contributed by atoms with Gasteiger partial charge in [-0.15, -0.1) is 5.10 Å². The van der Waals surface area contributed by atoms with Crippen molar-refractivity contribution < 1.29 is 19.1 Å². The highest BCUT2D eigenvalue weighted by Gasteiger charge is 2.29. The SMILES string of the molecule is O=C1CC(C(=O)O)S/C(=N/N=Cc2ccco2)N1. The van der Waals surface area contributed by atoms with Crippen LogP contribution >= 0.6 is 11.8 Å². The Hall–Kier alpha value is -2.09. The third kappa shape index (κ3) is 3.20. The van der Waals surface area contributed by atoms with Gasteiger partial charge in [-0.25, -0.2) is 0 Å². The number of carbonyl (C=O) groups is 2. The van der Waals surface area contributed by atoms with Crippen molar-refractivity contribution in [3.05, 3.63) is 24.2 Å². The summed E-state index contributed by atoms with van der Waals surface area (Å²) in [5.41, 5.74) is 0. The summed E-state index contributed by atoms with van der Waals surface area (Å²) in [7, 11) is 0. The van der Waals surface area contributed by atoms with Crippen molar-refractivity contribution in [2.45, 2.75) is 11.7 Å². The van der Waals surface area contributed by atoms with Crippen molar-refractivity contribution in [3.63, 3.8) is 0 Å². The average Bonchev–Trinajstić information content (AvgIpc) is 2.81. The molecule has 1 aliphatic rings. The van der Waals surface area contributed by atoms with E-state index in [1.165, 1.54) is 12.5 Å². The fourth-order valence-electron chi connectivity index (χ4n) is 1.23. The van der Waals surface area contributed by atoms with Gasteiger partial charge in [-0.3, -0.25) is 9.59 Å². The molecule has 0 aliphatic carbocycles. The molecule has 1 aromatic heterocycles. The van der Waals surface area contributed by atoms with Crippen molar-refractivity contribution in [2.24, 2.45) is 10.2 Å². The molecule has 1 saturated heterocycles. The molecule has 2 N–H and O–H groups in total. The predicted molar refractivity (Wildman–Crippen MR) is 65.5 cm³/mol. The van der Waals surface area contributed by atoms with E-state index in [0.717, 1.165) is 11.8 Å². The highest BCUT2D eigenvalue weighted by molar-refractivity contribution is 8.15. The summed E-state index contributed by atoms with van der Waals surface area (Å²) in [6.07, 6.45) is 2.79. The van der Waals surface area contributed by atoms with E-state index in [-0.39, 0.29) is 17.5 Å². The van der Waals surface area contributed by atoms with Gasteiger partial charge in [-0.05, 0) is 12.1 Å². The summed E-state index contributed by atoms with van der Waals surface area (Å²) in [4.78, 5) is 22.0. The van der Waals surface area contributed by atoms with E-state index in [4.69, 9.17) is 9.52 Å². The van der Waals surface area contributed by atoms with Crippen molar-refractivity contribution in [1.82, 2.24) is 5.32 Å². The standard InChI is InChI=1S/C10H9N3O4S/c14-8-4-7(9(15)16)18-10(12-8)13-11-5-6-2-1-3-17-6/h1-3,5,7H,4H2,(H,15,16)(H,12,13,14). The first kappa shape index (κ1) is 12.4. The summed E-state index contributed by atoms with van der Waals surface area (Å²) in [5.74, 6) is -0.910. The van der Waals surface area contributed by atoms with Crippen LogP contribution in [0, 0.1) is 0 Å². The molecule has 0 bridgehead atoms. The number of carbonyl (C=O) groups excluding carboxylic acids is 1. The summed E-state index contributed by atoms with van der Waals surface area (Å²) in [5, 5.41) is 18.1. The Morgan fingerprint density at radius 3 is 3.17 bits per heavy atom. The number of amidine groups is 1. The topological polar surface area (TPSA) is 104 Å². The van der Waals surface area contributed by atoms with E-state index < -0.39 is 11.2 Å². The summed E-state index contributed by atoms with van der Waals surface area (Å²) >= 11 is 0.955. The third-order valence-electron chi connectivity index (χ3n) is 2.02. The molecular weight excluding hydrogens is 258 g/mol. The summed E-state index contributed by atoms with van der Waals surface area (Å²) in [6, 6.07) is 3.39. The summed E-state index contributed by atoms with van der Waals surface area (Å²) < 4.78 is 5.00. The van der Waals surface area contributed by atoms with Crippen LogP contribution in [-0.2, 0) is 9.59 Å². The van der Waals surface area contributed by atoms with Gasteiger partial charge in [-0.1, -0.05) is 11.8 Å². The van der Waals surface area contributed by atoms with Crippen LogP contribution in [0.25, 0.3) is 0 Å². The van der Waals surface area contributed by atoms with Gasteiger partial charge in [0, 0.05) is 6.42 Å². The zero-order chi connectivity index (χ0) is 13.0. The Morgan fingerprint density at radius 2 is 2.50 bits per heavy atom. The second-order valence-corrected chi connectivity index (χ2v) is 4.55. The van der Waals surface area contributed by atoms with E-state index in [0.29, 0.717) is 5.76 Å². The maximum absolute atomic E-state index is 11.2. The molecule has 1 fully saturated rings. The van der Waals surface area contributed by atoms with Gasteiger partial charge in [0.1, 0.15) is 11.0 Å². The normalized spacial score (nSPS) is 22.3. The smallest absolute Gasteiger partial charge is 0.317 e. The van der Waals surface area contributed by atoms with Crippen molar-refractivity contribution in [2.75, 3.05) is 0 Å². The van der Waals surface area contributed by atoms with Crippen molar-refractivity contribution >= 4 is 35.0 Å². The number of furan rings is 1. The molecule has 0 radical (unpaired) electrons. The molecule has 94 valence electrons. The third-order valence-corrected chi connectivity index (χ3v) is 3.08. The monoisotopic (exact) mass is 267 g/mol. The fraction of sp³-hybridized carbons (Fsp3) is 0.200. The van der Waals surface area contributed by atoms with Crippen LogP contribution in [0.4, 0.5) is 0 Å². The molecule has 1 aromatic rings. The number of carboxylic acids is 1. The summed E-state index contributed by atoms with van der Waals surface area (Å²) in [6.45, 7) is 0. The molecule has 1 amide bonds. The minimum atomic E-state index is -1.04. The molecule has 7 nitrogen and oxygen atoms in total. The molecule has 0 spiro atoms. The number of amides is 1. The lowest BCUT2D eigenvalue weighted by Crippen LogP contribution is -2.40. The first-order valence-electron chi connectivity index (χ1n) is 4.99. The highest BCUT2D eigenvalue weighted by atomic mass is 32.2. The molecule has 8 heteroatoms. The second kappa shape index (κ2) is 5.50. The van der Waals surface area contributed by atoms with Crippen molar-refractivity contribution in [1.29, 1.82) is 0 Å². The molecule has 0 aromatic carbocycles. The van der Waals surface area contributed by atoms with Gasteiger partial charge in [-0.2, -0.15) is 5.10 Å². The van der Waals surface area contributed by atoms with Crippen molar-refractivity contribution in [3.8, 4) is 0 Å². The minimum absolute atomic E-state index is 0.0685. The number of thioether (sulfide) groups is 1. The maximum atomic E-state index is 11.2. The van der Waals surface area contributed by atoms with Gasteiger partial charge in [0.05, 0.1) is 12.5 Å². The number of carboxylic acid groups (broad SMARTS) is 1. The Bertz CT molecular complexity index is 509. The average molecular weight is 267 g/mol. The zero-order valence-electron chi connectivity index (χ0n) is 9.07. The molecular formula is C10H9N3O4S. The lowest BCUT2D eigenvalue weighted by Gasteiger charge is -2.18. The number of aliphatic carboxylic acids is 1. The van der Waals surface area contributed by atoms with Gasteiger partial charge in [0.2, 0.25) is 5.91 Å². The number of nitrogens with one attached hydrogen (secondary N) is 1. The van der Waals surface area contributed by atoms with Crippen LogP contribution in [0.3, 0.4) is 0 Å². The lowest BCUT2D eigenvalue weighted by atomic mass is 10.3. The van der Waals surface area contributed by atoms with E-state index in [2.05, 4.69) is 15.5 Å². The van der Waals surface area contributed by atoms with Crippen LogP contribution in [0.5, 0.6) is 0 Å². The van der Waals surface area contributed by atoms with Crippen LogP contribution in [-0.4, -0.2) is 33.6 Å². The lowest BCUT2D eigenvalue weighted by molar-refractivity contribution is -0.138. The first-order chi connectivity index (χ1) is 8.65. The Kier molecular flexibility index (Phi) is 3.78. The van der Waals surface area contributed by atoms with Crippen LogP contribution in [0.2, 0.25) is 0 Å². The predicted octanol–water partition coefficient (Wildman–Crippen LogP) is 0.676. The zero-order valence-corrected chi connectivity index (χ0v) is 9.88. The first-order valence-corrected chi connectivity index (χ1v) is 5.87. The van der Waals surface area contributed by atoms with Crippen LogP contribution in [0.15, 0.2) is 33.0 Å². The fourth-order valence-corrected chi connectivity index (χ4v) is 2.11. The quantitative estimate of drug-likeness (QED) is 0.619. The molecule has 2 rings (SSSR count). The minimum Gasteiger partial charge on any atom is -0.480 e. The molecule has 2 heterocycles. The van der Waals surface area contributed by atoms with Gasteiger partial charge >= 0.3 is 5.97 Å². The Labute approximate surface area is 106 Å². The molecule has 0 saturated carbocycles. The highest BCUT2D eigenvalue weighted by Crippen LogP contribution is 2.20. The molecule has 18 heavy (non-hydrogen) atoms. The van der Waals surface area contributed by atoms with E-state index in [9.17, 15) is 9.59 Å². The van der Waals surface area contributed by atoms with E-state index in [1.54, 1.807) is 12.1 Å². The number of hydrogen-bond acceptors (Lipinski definition) is 6. The van der Waals surface area contributed by atoms with Gasteiger partial charge < -0.3 is 14.8 Å². The van der Waals surface area contributed by atoms with E-state index in [1.807, 2.05) is 0 Å². The van der Waals surface area contributed by atoms with Crippen LogP contribution < -0.4 is 5.32 Å². The number of nitrogens with zero attached hydrogens (tertiary/aromatic N) is 2. The second-order valence-electron chi connectivity index (χ2n) is 3.36. The molecule has 1 atom stereocenters. The maximum Gasteiger partial charge on any atom is 0.317 e.